The fourth-order valence-corrected chi connectivity index (χ4v) is 3.22. The van der Waals surface area contributed by atoms with E-state index in [1.165, 1.54) is 4.31 Å². The van der Waals surface area contributed by atoms with Crippen LogP contribution in [-0.4, -0.2) is 39.4 Å². The SMILES string of the molecule is CCCNC(CC)Cc1ccccc1S(=O)(=O)N(C)C. The van der Waals surface area contributed by atoms with Crippen molar-refractivity contribution in [3.63, 3.8) is 0 Å². The molecule has 4 nitrogen and oxygen atoms in total. The second kappa shape index (κ2) is 7.76. The highest BCUT2D eigenvalue weighted by atomic mass is 32.2. The molecule has 1 aromatic rings. The normalized spacial score (nSPS) is 13.7. The van der Waals surface area contributed by atoms with Gasteiger partial charge in [-0.05, 0) is 37.4 Å². The summed E-state index contributed by atoms with van der Waals surface area (Å²) in [6.45, 7) is 5.21. The summed E-state index contributed by atoms with van der Waals surface area (Å²) < 4.78 is 26.0. The summed E-state index contributed by atoms with van der Waals surface area (Å²) in [6, 6.07) is 7.59. The predicted octanol–water partition coefficient (Wildman–Crippen LogP) is 2.26. The molecule has 0 aliphatic carbocycles. The van der Waals surface area contributed by atoms with Gasteiger partial charge in [0.2, 0.25) is 10.0 Å². The number of rotatable bonds is 8. The maximum absolute atomic E-state index is 12.3. The van der Waals surface area contributed by atoms with E-state index < -0.39 is 10.0 Å². The highest BCUT2D eigenvalue weighted by Gasteiger charge is 2.21. The largest absolute Gasteiger partial charge is 0.314 e. The van der Waals surface area contributed by atoms with Crippen LogP contribution in [0.25, 0.3) is 0 Å². The molecule has 0 bridgehead atoms. The van der Waals surface area contributed by atoms with Gasteiger partial charge in [-0.15, -0.1) is 0 Å². The zero-order valence-electron chi connectivity index (χ0n) is 12.9. The molecule has 0 aliphatic rings. The summed E-state index contributed by atoms with van der Waals surface area (Å²) in [6.07, 6.45) is 2.80. The van der Waals surface area contributed by atoms with Crippen LogP contribution in [0.1, 0.15) is 32.3 Å². The number of benzene rings is 1. The van der Waals surface area contributed by atoms with E-state index in [9.17, 15) is 8.42 Å². The molecule has 20 heavy (non-hydrogen) atoms. The number of nitrogens with zero attached hydrogens (tertiary/aromatic N) is 1. The highest BCUT2D eigenvalue weighted by Crippen LogP contribution is 2.20. The van der Waals surface area contributed by atoms with Gasteiger partial charge in [-0.3, -0.25) is 0 Å². The zero-order valence-corrected chi connectivity index (χ0v) is 13.7. The van der Waals surface area contributed by atoms with Crippen molar-refractivity contribution in [1.29, 1.82) is 0 Å². The first kappa shape index (κ1) is 17.1. The molecule has 0 aromatic heterocycles. The molecule has 1 rings (SSSR count). The minimum absolute atomic E-state index is 0.313. The molecule has 0 radical (unpaired) electrons. The van der Waals surface area contributed by atoms with Crippen molar-refractivity contribution in [1.82, 2.24) is 9.62 Å². The number of hydrogen-bond acceptors (Lipinski definition) is 3. The quantitative estimate of drug-likeness (QED) is 0.801. The van der Waals surface area contributed by atoms with Crippen molar-refractivity contribution >= 4 is 10.0 Å². The Morgan fingerprint density at radius 1 is 1.20 bits per heavy atom. The molecule has 1 unspecified atom stereocenters. The first-order valence-electron chi connectivity index (χ1n) is 7.17. The Bertz CT molecular complexity index is 512. The van der Waals surface area contributed by atoms with Gasteiger partial charge in [0.05, 0.1) is 4.90 Å². The molecule has 5 heteroatoms. The van der Waals surface area contributed by atoms with Gasteiger partial charge in [-0.1, -0.05) is 32.0 Å². The monoisotopic (exact) mass is 298 g/mol. The van der Waals surface area contributed by atoms with Crippen molar-refractivity contribution in [2.75, 3.05) is 20.6 Å². The number of nitrogens with one attached hydrogen (secondary N) is 1. The van der Waals surface area contributed by atoms with Gasteiger partial charge >= 0.3 is 0 Å². The maximum Gasteiger partial charge on any atom is 0.242 e. The van der Waals surface area contributed by atoms with Crippen LogP contribution in [0.3, 0.4) is 0 Å². The van der Waals surface area contributed by atoms with Crippen molar-refractivity contribution in [3.8, 4) is 0 Å². The van der Waals surface area contributed by atoms with E-state index in [0.29, 0.717) is 10.9 Å². The fraction of sp³-hybridized carbons (Fsp3) is 0.600. The molecule has 0 amide bonds. The second-order valence-corrected chi connectivity index (χ2v) is 7.28. The van der Waals surface area contributed by atoms with Crippen LogP contribution in [0.15, 0.2) is 29.2 Å². The Hall–Kier alpha value is -0.910. The van der Waals surface area contributed by atoms with E-state index in [-0.39, 0.29) is 0 Å². The van der Waals surface area contributed by atoms with E-state index in [1.807, 2.05) is 12.1 Å². The predicted molar refractivity (Wildman–Crippen MR) is 83.4 cm³/mol. The summed E-state index contributed by atoms with van der Waals surface area (Å²) >= 11 is 0. The van der Waals surface area contributed by atoms with Gasteiger partial charge in [0, 0.05) is 20.1 Å². The van der Waals surface area contributed by atoms with Gasteiger partial charge in [0.15, 0.2) is 0 Å². The van der Waals surface area contributed by atoms with Crippen molar-refractivity contribution < 1.29 is 8.42 Å². The van der Waals surface area contributed by atoms with Gasteiger partial charge in [0.25, 0.3) is 0 Å². The molecule has 0 spiro atoms. The lowest BCUT2D eigenvalue weighted by atomic mass is 10.0. The van der Waals surface area contributed by atoms with E-state index in [2.05, 4.69) is 19.2 Å². The molecule has 0 saturated carbocycles. The summed E-state index contributed by atoms with van der Waals surface area (Å²) in [5, 5.41) is 3.47. The first-order valence-corrected chi connectivity index (χ1v) is 8.61. The summed E-state index contributed by atoms with van der Waals surface area (Å²) in [5.41, 5.74) is 0.886. The molecule has 0 saturated heterocycles. The zero-order chi connectivity index (χ0) is 15.2. The topological polar surface area (TPSA) is 49.4 Å². The molecular weight excluding hydrogens is 272 g/mol. The molecule has 1 atom stereocenters. The smallest absolute Gasteiger partial charge is 0.242 e. The van der Waals surface area contributed by atoms with Crippen LogP contribution in [0, 0.1) is 0 Å². The standard InChI is InChI=1S/C15H26N2O2S/c1-5-11-16-14(6-2)12-13-9-7-8-10-15(13)20(18,19)17(3)4/h7-10,14,16H,5-6,11-12H2,1-4H3. The number of sulfonamides is 1. The Kier molecular flexibility index (Phi) is 6.65. The van der Waals surface area contributed by atoms with Gasteiger partial charge in [-0.25, -0.2) is 12.7 Å². The molecule has 1 aromatic carbocycles. The van der Waals surface area contributed by atoms with Crippen LogP contribution in [-0.2, 0) is 16.4 Å². The molecule has 1 N–H and O–H groups in total. The van der Waals surface area contributed by atoms with Gasteiger partial charge < -0.3 is 5.32 Å². The van der Waals surface area contributed by atoms with Crippen molar-refractivity contribution in [2.45, 2.75) is 44.0 Å². The summed E-state index contributed by atoms with van der Waals surface area (Å²) in [4.78, 5) is 0.418. The van der Waals surface area contributed by atoms with Crippen LogP contribution in [0.5, 0.6) is 0 Å². The Morgan fingerprint density at radius 2 is 1.85 bits per heavy atom. The van der Waals surface area contributed by atoms with Crippen LogP contribution in [0.2, 0.25) is 0 Å². The molecule has 114 valence electrons. The van der Waals surface area contributed by atoms with Crippen molar-refractivity contribution in [3.05, 3.63) is 29.8 Å². The van der Waals surface area contributed by atoms with Gasteiger partial charge in [-0.2, -0.15) is 0 Å². The Labute approximate surface area is 123 Å². The lowest BCUT2D eigenvalue weighted by Crippen LogP contribution is -2.32. The van der Waals surface area contributed by atoms with Crippen molar-refractivity contribution in [2.24, 2.45) is 0 Å². The molecule has 0 fully saturated rings. The Morgan fingerprint density at radius 3 is 2.40 bits per heavy atom. The van der Waals surface area contributed by atoms with Crippen LogP contribution in [0.4, 0.5) is 0 Å². The van der Waals surface area contributed by atoms with E-state index >= 15 is 0 Å². The van der Waals surface area contributed by atoms with E-state index in [1.54, 1.807) is 26.2 Å². The fourth-order valence-electron chi connectivity index (χ4n) is 2.10. The summed E-state index contributed by atoms with van der Waals surface area (Å²) in [7, 11) is -0.240. The third kappa shape index (κ3) is 4.30. The third-order valence-corrected chi connectivity index (χ3v) is 5.29. The average Bonchev–Trinajstić information content (AvgIpc) is 2.43. The Balaban J connectivity index is 3.02. The van der Waals surface area contributed by atoms with Gasteiger partial charge in [0.1, 0.15) is 0 Å². The molecule has 0 aliphatic heterocycles. The highest BCUT2D eigenvalue weighted by molar-refractivity contribution is 7.89. The van der Waals surface area contributed by atoms with E-state index in [4.69, 9.17) is 0 Å². The minimum Gasteiger partial charge on any atom is -0.314 e. The van der Waals surface area contributed by atoms with Crippen LogP contribution < -0.4 is 5.32 Å². The minimum atomic E-state index is -3.38. The first-order chi connectivity index (χ1) is 9.43. The molecule has 0 heterocycles. The van der Waals surface area contributed by atoms with E-state index in [0.717, 1.165) is 31.4 Å². The van der Waals surface area contributed by atoms with Crippen LogP contribution >= 0.6 is 0 Å². The third-order valence-electron chi connectivity index (χ3n) is 3.37. The summed E-state index contributed by atoms with van der Waals surface area (Å²) in [5.74, 6) is 0. The second-order valence-electron chi connectivity index (χ2n) is 5.16. The maximum atomic E-state index is 12.3. The number of hydrogen-bond donors (Lipinski definition) is 1. The molecular formula is C15H26N2O2S. The lowest BCUT2D eigenvalue weighted by molar-refractivity contribution is 0.488. The average molecular weight is 298 g/mol. The lowest BCUT2D eigenvalue weighted by Gasteiger charge is -2.20.